The van der Waals surface area contributed by atoms with Gasteiger partial charge in [-0.2, -0.15) is 11.8 Å². The van der Waals surface area contributed by atoms with Crippen LogP contribution < -0.4 is 5.32 Å². The highest BCUT2D eigenvalue weighted by atomic mass is 35.5. The summed E-state index contributed by atoms with van der Waals surface area (Å²) in [6.45, 7) is 9.07. The minimum absolute atomic E-state index is 0.235. The van der Waals surface area contributed by atoms with Crippen molar-refractivity contribution < 1.29 is 0 Å². The second kappa shape index (κ2) is 10.9. The monoisotopic (exact) mass is 429 g/mol. The van der Waals surface area contributed by atoms with Gasteiger partial charge in [0.2, 0.25) is 0 Å². The van der Waals surface area contributed by atoms with E-state index in [1.165, 1.54) is 48.1 Å². The summed E-state index contributed by atoms with van der Waals surface area (Å²) < 4.78 is 0. The summed E-state index contributed by atoms with van der Waals surface area (Å²) in [7, 11) is 0. The lowest BCUT2D eigenvalue weighted by Gasteiger charge is -2.30. The van der Waals surface area contributed by atoms with Gasteiger partial charge in [0.25, 0.3) is 0 Å². The number of benzene rings is 2. The predicted octanol–water partition coefficient (Wildman–Crippen LogP) is 7.26. The Bertz CT molecular complexity index is 730. The molecule has 0 radical (unpaired) electrons. The lowest BCUT2D eigenvalue weighted by atomic mass is 9.86. The number of rotatable bonds is 9. The molecule has 1 nitrogen and oxygen atoms in total. The van der Waals surface area contributed by atoms with E-state index in [0.29, 0.717) is 0 Å². The fourth-order valence-corrected chi connectivity index (χ4v) is 5.55. The van der Waals surface area contributed by atoms with Gasteiger partial charge >= 0.3 is 0 Å². The summed E-state index contributed by atoms with van der Waals surface area (Å²) in [5.41, 5.74) is 4.38. The summed E-state index contributed by atoms with van der Waals surface area (Å²) in [5, 5.41) is 5.19. The van der Waals surface area contributed by atoms with Gasteiger partial charge in [-0.3, -0.25) is 0 Å². The maximum absolute atomic E-state index is 5.94. The van der Waals surface area contributed by atoms with Crippen LogP contribution in [0, 0.1) is 5.92 Å². The molecule has 0 amide bonds. The number of nitrogens with one attached hydrogen (secondary N) is 1. The van der Waals surface area contributed by atoms with Crippen LogP contribution in [0.5, 0.6) is 0 Å². The Kier molecular flexibility index (Phi) is 8.53. The average molecular weight is 430 g/mol. The van der Waals surface area contributed by atoms with Crippen LogP contribution in [0.2, 0.25) is 5.02 Å². The SMILES string of the molecule is CC1CCC(SCC(C)(C)c2ccc(CCNCc3ccc(Cl)cc3)cc2)CC1. The topological polar surface area (TPSA) is 12.0 Å². The van der Waals surface area contributed by atoms with Crippen molar-refractivity contribution in [3.63, 3.8) is 0 Å². The summed E-state index contributed by atoms with van der Waals surface area (Å²) in [6, 6.07) is 17.4. The van der Waals surface area contributed by atoms with Gasteiger partial charge < -0.3 is 5.32 Å². The molecule has 0 unspecified atom stereocenters. The van der Waals surface area contributed by atoms with E-state index < -0.39 is 0 Å². The highest BCUT2D eigenvalue weighted by Crippen LogP contribution is 2.36. The van der Waals surface area contributed by atoms with Crippen LogP contribution in [0.15, 0.2) is 48.5 Å². The number of thioether (sulfide) groups is 1. The van der Waals surface area contributed by atoms with E-state index >= 15 is 0 Å². The molecule has 0 bridgehead atoms. The molecule has 0 atom stereocenters. The van der Waals surface area contributed by atoms with E-state index in [-0.39, 0.29) is 5.41 Å². The zero-order valence-electron chi connectivity index (χ0n) is 18.2. The summed E-state index contributed by atoms with van der Waals surface area (Å²) in [5.74, 6) is 2.15. The minimum Gasteiger partial charge on any atom is -0.312 e. The quantitative estimate of drug-likeness (QED) is 0.421. The fraction of sp³-hybridized carbons (Fsp3) is 0.538. The third-order valence-corrected chi connectivity index (χ3v) is 8.29. The van der Waals surface area contributed by atoms with Gasteiger partial charge in [0.15, 0.2) is 0 Å². The smallest absolute Gasteiger partial charge is 0.0406 e. The number of hydrogen-bond acceptors (Lipinski definition) is 2. The molecule has 29 heavy (non-hydrogen) atoms. The molecule has 158 valence electrons. The standard InChI is InChI=1S/C26H36ClNS/c1-20-4-14-25(15-5-20)29-19-26(2,3)23-10-6-21(7-11-23)16-17-28-18-22-8-12-24(27)13-9-22/h6-13,20,25,28H,4-5,14-19H2,1-3H3. The molecule has 3 heteroatoms. The first-order valence-electron chi connectivity index (χ1n) is 11.1. The van der Waals surface area contributed by atoms with Crippen LogP contribution in [0.25, 0.3) is 0 Å². The first kappa shape index (κ1) is 22.7. The van der Waals surface area contributed by atoms with E-state index in [9.17, 15) is 0 Å². The lowest BCUT2D eigenvalue weighted by molar-refractivity contribution is 0.392. The maximum atomic E-state index is 5.94. The average Bonchev–Trinajstić information content (AvgIpc) is 2.72. The molecule has 1 N–H and O–H groups in total. The Hall–Kier alpha value is -0.960. The molecule has 2 aromatic rings. The Morgan fingerprint density at radius 1 is 0.931 bits per heavy atom. The highest BCUT2D eigenvalue weighted by molar-refractivity contribution is 7.99. The summed E-state index contributed by atoms with van der Waals surface area (Å²) in [6.07, 6.45) is 6.70. The maximum Gasteiger partial charge on any atom is 0.0406 e. The highest BCUT2D eigenvalue weighted by Gasteiger charge is 2.25. The van der Waals surface area contributed by atoms with Gasteiger partial charge in [0, 0.05) is 22.6 Å². The van der Waals surface area contributed by atoms with Crippen molar-refractivity contribution in [1.82, 2.24) is 5.32 Å². The Morgan fingerprint density at radius 3 is 2.21 bits per heavy atom. The molecule has 1 aliphatic carbocycles. The molecular weight excluding hydrogens is 394 g/mol. The first-order chi connectivity index (χ1) is 13.9. The van der Waals surface area contributed by atoms with Gasteiger partial charge in [-0.1, -0.05) is 68.8 Å². The fourth-order valence-electron chi connectivity index (χ4n) is 4.00. The molecule has 3 rings (SSSR count). The molecule has 1 aliphatic rings. The zero-order valence-corrected chi connectivity index (χ0v) is 19.8. The van der Waals surface area contributed by atoms with Gasteiger partial charge in [-0.05, 0) is 78.8 Å². The minimum atomic E-state index is 0.235. The van der Waals surface area contributed by atoms with Crippen LogP contribution in [0.1, 0.15) is 63.1 Å². The summed E-state index contributed by atoms with van der Waals surface area (Å²) >= 11 is 8.14. The molecule has 0 saturated heterocycles. The van der Waals surface area contributed by atoms with E-state index in [0.717, 1.165) is 35.7 Å². The normalized spacial score (nSPS) is 20.0. The molecule has 0 spiro atoms. The predicted molar refractivity (Wildman–Crippen MR) is 130 cm³/mol. The van der Waals surface area contributed by atoms with Crippen molar-refractivity contribution in [2.75, 3.05) is 12.3 Å². The Morgan fingerprint density at radius 2 is 1.55 bits per heavy atom. The van der Waals surface area contributed by atoms with Gasteiger partial charge in [-0.15, -0.1) is 0 Å². The second-order valence-corrected chi connectivity index (χ2v) is 11.1. The van der Waals surface area contributed by atoms with Crippen molar-refractivity contribution in [3.8, 4) is 0 Å². The van der Waals surface area contributed by atoms with Crippen LogP contribution in [-0.2, 0) is 18.4 Å². The van der Waals surface area contributed by atoms with Crippen LogP contribution in [-0.4, -0.2) is 17.5 Å². The van der Waals surface area contributed by atoms with Crippen LogP contribution in [0.4, 0.5) is 0 Å². The zero-order chi connectivity index (χ0) is 20.7. The van der Waals surface area contributed by atoms with E-state index in [4.69, 9.17) is 11.6 Å². The van der Waals surface area contributed by atoms with Crippen molar-refractivity contribution in [1.29, 1.82) is 0 Å². The van der Waals surface area contributed by atoms with Gasteiger partial charge in [0.05, 0.1) is 0 Å². The molecule has 0 aromatic heterocycles. The molecule has 1 fully saturated rings. The largest absolute Gasteiger partial charge is 0.312 e. The van der Waals surface area contributed by atoms with E-state index in [1.807, 2.05) is 12.1 Å². The van der Waals surface area contributed by atoms with Crippen molar-refractivity contribution >= 4 is 23.4 Å². The van der Waals surface area contributed by atoms with Crippen molar-refractivity contribution in [3.05, 3.63) is 70.2 Å². The molecule has 0 aliphatic heterocycles. The second-order valence-electron chi connectivity index (χ2n) is 9.33. The number of halogens is 1. The molecule has 2 aromatic carbocycles. The van der Waals surface area contributed by atoms with Gasteiger partial charge in [0.1, 0.15) is 0 Å². The number of hydrogen-bond donors (Lipinski definition) is 1. The first-order valence-corrected chi connectivity index (χ1v) is 12.5. The lowest BCUT2D eigenvalue weighted by Crippen LogP contribution is -2.24. The molecule has 1 saturated carbocycles. The Labute approximate surface area is 187 Å². The van der Waals surface area contributed by atoms with E-state index in [2.05, 4.69) is 74.2 Å². The Balaban J connectivity index is 1.41. The van der Waals surface area contributed by atoms with Crippen LogP contribution >= 0.6 is 23.4 Å². The van der Waals surface area contributed by atoms with Gasteiger partial charge in [-0.25, -0.2) is 0 Å². The van der Waals surface area contributed by atoms with Crippen LogP contribution in [0.3, 0.4) is 0 Å². The molecule has 0 heterocycles. The van der Waals surface area contributed by atoms with Crippen molar-refractivity contribution in [2.45, 2.75) is 70.1 Å². The van der Waals surface area contributed by atoms with E-state index in [1.54, 1.807) is 0 Å². The third kappa shape index (κ3) is 7.35. The summed E-state index contributed by atoms with van der Waals surface area (Å²) in [4.78, 5) is 0. The van der Waals surface area contributed by atoms with Crippen molar-refractivity contribution in [2.24, 2.45) is 5.92 Å². The third-order valence-electron chi connectivity index (χ3n) is 6.21. The molecular formula is C26H36ClNS.